The van der Waals surface area contributed by atoms with Gasteiger partial charge in [-0.3, -0.25) is 4.79 Å². The van der Waals surface area contributed by atoms with Crippen molar-refractivity contribution < 1.29 is 22.4 Å². The van der Waals surface area contributed by atoms with Gasteiger partial charge < -0.3 is 10.2 Å². The molecule has 0 radical (unpaired) electrons. The van der Waals surface area contributed by atoms with Gasteiger partial charge in [0.15, 0.2) is 0 Å². The topological polar surface area (TPSA) is 32.3 Å². The molecule has 1 amide bonds. The molecule has 1 N–H and O–H groups in total. The molecule has 0 saturated carbocycles. The fraction of sp³-hybridized carbons (Fsp3) is 0.462. The van der Waals surface area contributed by atoms with E-state index in [0.29, 0.717) is 18.7 Å². The predicted octanol–water partition coefficient (Wildman–Crippen LogP) is 2.26. The highest BCUT2D eigenvalue weighted by Crippen LogP contribution is 2.30. The van der Waals surface area contributed by atoms with Crippen molar-refractivity contribution in [2.45, 2.75) is 25.6 Å². The SMILES string of the molecule is C[C@@H](C(=O)NCC(F)(F)F)N1CCc2ccc(F)cc21. The lowest BCUT2D eigenvalue weighted by Crippen LogP contribution is -2.47. The van der Waals surface area contributed by atoms with E-state index in [1.807, 2.05) is 5.32 Å². The van der Waals surface area contributed by atoms with Gasteiger partial charge in [-0.15, -0.1) is 0 Å². The smallest absolute Gasteiger partial charge is 0.359 e. The molecular weight excluding hydrogens is 276 g/mol. The molecule has 0 spiro atoms. The summed E-state index contributed by atoms with van der Waals surface area (Å²) in [6.45, 7) is 0.630. The zero-order valence-electron chi connectivity index (χ0n) is 10.8. The van der Waals surface area contributed by atoms with Crippen LogP contribution in [0.3, 0.4) is 0 Å². The number of nitrogens with zero attached hydrogens (tertiary/aromatic N) is 1. The van der Waals surface area contributed by atoms with E-state index in [9.17, 15) is 22.4 Å². The first-order valence-electron chi connectivity index (χ1n) is 6.17. The average molecular weight is 290 g/mol. The van der Waals surface area contributed by atoms with Crippen LogP contribution in [-0.2, 0) is 11.2 Å². The zero-order chi connectivity index (χ0) is 14.9. The van der Waals surface area contributed by atoms with E-state index in [1.165, 1.54) is 19.1 Å². The Kier molecular flexibility index (Phi) is 3.87. The molecule has 0 aliphatic carbocycles. The second-order valence-electron chi connectivity index (χ2n) is 4.73. The maximum absolute atomic E-state index is 13.2. The molecule has 1 atom stereocenters. The number of rotatable bonds is 3. The summed E-state index contributed by atoms with van der Waals surface area (Å²) >= 11 is 0. The standard InChI is InChI=1S/C13H14F4N2O/c1-8(12(20)18-7-13(15,16)17)19-5-4-9-2-3-10(14)6-11(9)19/h2-3,6,8H,4-5,7H2,1H3,(H,18,20)/t8-/m0/s1. The Labute approximate surface area is 113 Å². The molecule has 0 bridgehead atoms. The number of amides is 1. The molecule has 1 aromatic carbocycles. The second-order valence-corrected chi connectivity index (χ2v) is 4.73. The third-order valence-corrected chi connectivity index (χ3v) is 3.29. The van der Waals surface area contributed by atoms with Crippen LogP contribution in [0.1, 0.15) is 12.5 Å². The van der Waals surface area contributed by atoms with Crippen molar-refractivity contribution in [2.75, 3.05) is 18.0 Å². The van der Waals surface area contributed by atoms with E-state index < -0.39 is 30.5 Å². The number of carbonyl (C=O) groups excluding carboxylic acids is 1. The van der Waals surface area contributed by atoms with Crippen LogP contribution < -0.4 is 10.2 Å². The summed E-state index contributed by atoms with van der Waals surface area (Å²) in [5.74, 6) is -1.15. The van der Waals surface area contributed by atoms with Crippen molar-refractivity contribution in [1.82, 2.24) is 5.32 Å². The van der Waals surface area contributed by atoms with E-state index in [2.05, 4.69) is 0 Å². The average Bonchev–Trinajstić information content (AvgIpc) is 2.77. The number of alkyl halides is 3. The molecule has 2 rings (SSSR count). The summed E-state index contributed by atoms with van der Waals surface area (Å²) in [6.07, 6.45) is -3.79. The van der Waals surface area contributed by atoms with Gasteiger partial charge in [0.25, 0.3) is 0 Å². The lowest BCUT2D eigenvalue weighted by Gasteiger charge is -2.26. The number of halogens is 4. The maximum Gasteiger partial charge on any atom is 0.405 e. The summed E-state index contributed by atoms with van der Waals surface area (Å²) in [7, 11) is 0. The highest BCUT2D eigenvalue weighted by molar-refractivity contribution is 5.85. The van der Waals surface area contributed by atoms with E-state index in [1.54, 1.807) is 11.0 Å². The normalized spacial score (nSPS) is 15.9. The molecule has 0 unspecified atom stereocenters. The first-order chi connectivity index (χ1) is 9.28. The molecule has 0 saturated heterocycles. The Balaban J connectivity index is 2.06. The van der Waals surface area contributed by atoms with Gasteiger partial charge >= 0.3 is 6.18 Å². The van der Waals surface area contributed by atoms with E-state index >= 15 is 0 Å². The molecule has 20 heavy (non-hydrogen) atoms. The first kappa shape index (κ1) is 14.6. The number of carbonyl (C=O) groups is 1. The minimum absolute atomic E-state index is 0.432. The van der Waals surface area contributed by atoms with Crippen molar-refractivity contribution in [3.8, 4) is 0 Å². The van der Waals surface area contributed by atoms with Crippen LogP contribution in [0.4, 0.5) is 23.2 Å². The second kappa shape index (κ2) is 5.30. The summed E-state index contributed by atoms with van der Waals surface area (Å²) < 4.78 is 49.4. The summed E-state index contributed by atoms with van der Waals surface area (Å²) in [5.41, 5.74) is 1.46. The Morgan fingerprint density at radius 2 is 2.15 bits per heavy atom. The van der Waals surface area contributed by atoms with Gasteiger partial charge in [-0.1, -0.05) is 6.07 Å². The quantitative estimate of drug-likeness (QED) is 0.866. The largest absolute Gasteiger partial charge is 0.405 e. The third kappa shape index (κ3) is 3.20. The number of fused-ring (bicyclic) bond motifs is 1. The molecule has 0 aromatic heterocycles. The molecule has 1 aliphatic heterocycles. The molecule has 3 nitrogen and oxygen atoms in total. The molecule has 0 fully saturated rings. The third-order valence-electron chi connectivity index (χ3n) is 3.29. The number of hydrogen-bond acceptors (Lipinski definition) is 2. The fourth-order valence-corrected chi connectivity index (χ4v) is 2.26. The number of hydrogen-bond donors (Lipinski definition) is 1. The van der Waals surface area contributed by atoms with Crippen LogP contribution in [0.25, 0.3) is 0 Å². The number of benzene rings is 1. The monoisotopic (exact) mass is 290 g/mol. The van der Waals surface area contributed by atoms with Crippen molar-refractivity contribution in [3.63, 3.8) is 0 Å². The van der Waals surface area contributed by atoms with Crippen molar-refractivity contribution in [3.05, 3.63) is 29.6 Å². The van der Waals surface area contributed by atoms with E-state index in [0.717, 1.165) is 5.56 Å². The summed E-state index contributed by atoms with van der Waals surface area (Å²) in [6, 6.07) is 3.48. The molecule has 1 aromatic rings. The molecule has 7 heteroatoms. The Hall–Kier alpha value is -1.79. The van der Waals surface area contributed by atoms with Crippen molar-refractivity contribution >= 4 is 11.6 Å². The Bertz CT molecular complexity index is 516. The van der Waals surface area contributed by atoms with E-state index in [-0.39, 0.29) is 0 Å². The first-order valence-corrected chi connectivity index (χ1v) is 6.17. The van der Waals surface area contributed by atoms with Crippen LogP contribution in [0, 0.1) is 5.82 Å². The molecule has 1 aliphatic rings. The highest BCUT2D eigenvalue weighted by Gasteiger charge is 2.32. The van der Waals surface area contributed by atoms with Gasteiger partial charge in [-0.05, 0) is 31.0 Å². The van der Waals surface area contributed by atoms with Crippen molar-refractivity contribution in [1.29, 1.82) is 0 Å². The van der Waals surface area contributed by atoms with Crippen molar-refractivity contribution in [2.24, 2.45) is 0 Å². The van der Waals surface area contributed by atoms with Crippen LogP contribution >= 0.6 is 0 Å². The molecular formula is C13H14F4N2O. The molecule has 1 heterocycles. The number of anilines is 1. The van der Waals surface area contributed by atoms with Gasteiger partial charge in [0.05, 0.1) is 0 Å². The predicted molar refractivity (Wildman–Crippen MR) is 66.0 cm³/mol. The Morgan fingerprint density at radius 1 is 1.45 bits per heavy atom. The van der Waals surface area contributed by atoms with Crippen LogP contribution in [0.5, 0.6) is 0 Å². The van der Waals surface area contributed by atoms with Gasteiger partial charge in [-0.2, -0.15) is 13.2 Å². The maximum atomic E-state index is 13.2. The highest BCUT2D eigenvalue weighted by atomic mass is 19.4. The summed E-state index contributed by atoms with van der Waals surface area (Å²) in [4.78, 5) is 13.3. The van der Waals surface area contributed by atoms with Gasteiger partial charge in [0.2, 0.25) is 5.91 Å². The lowest BCUT2D eigenvalue weighted by molar-refractivity contribution is -0.138. The van der Waals surface area contributed by atoms with Crippen LogP contribution in [0.2, 0.25) is 0 Å². The minimum Gasteiger partial charge on any atom is -0.359 e. The summed E-state index contributed by atoms with van der Waals surface area (Å²) in [5, 5.41) is 1.85. The van der Waals surface area contributed by atoms with E-state index in [4.69, 9.17) is 0 Å². The van der Waals surface area contributed by atoms with Gasteiger partial charge in [-0.25, -0.2) is 4.39 Å². The lowest BCUT2D eigenvalue weighted by atomic mass is 10.1. The van der Waals surface area contributed by atoms with Crippen LogP contribution in [-0.4, -0.2) is 31.2 Å². The fourth-order valence-electron chi connectivity index (χ4n) is 2.26. The van der Waals surface area contributed by atoms with Gasteiger partial charge in [0.1, 0.15) is 18.4 Å². The van der Waals surface area contributed by atoms with Gasteiger partial charge in [0, 0.05) is 12.2 Å². The minimum atomic E-state index is -4.44. The Morgan fingerprint density at radius 3 is 2.80 bits per heavy atom. The molecule has 110 valence electrons. The van der Waals surface area contributed by atoms with Crippen LogP contribution in [0.15, 0.2) is 18.2 Å². The zero-order valence-corrected chi connectivity index (χ0v) is 10.8. The number of nitrogens with one attached hydrogen (secondary N) is 1.